The van der Waals surface area contributed by atoms with Gasteiger partial charge < -0.3 is 14.8 Å². The van der Waals surface area contributed by atoms with E-state index in [2.05, 4.69) is 16.2 Å². The molecule has 0 heterocycles. The van der Waals surface area contributed by atoms with Crippen LogP contribution in [-0.4, -0.2) is 38.0 Å². The molecule has 142 valence electrons. The van der Waals surface area contributed by atoms with E-state index in [0.29, 0.717) is 11.5 Å². The molecule has 8 nitrogen and oxygen atoms in total. The molecule has 3 N–H and O–H groups in total. The number of para-hydroxylation sites is 2. The largest absolute Gasteiger partial charge is 0.493 e. The molecule has 1 aromatic carbocycles. The van der Waals surface area contributed by atoms with Crippen LogP contribution in [0, 0.1) is 5.92 Å². The van der Waals surface area contributed by atoms with Crippen molar-refractivity contribution in [3.8, 4) is 11.5 Å². The summed E-state index contributed by atoms with van der Waals surface area (Å²) in [7, 11) is 1.50. The molecule has 1 saturated carbocycles. The first kappa shape index (κ1) is 19.6. The lowest BCUT2D eigenvalue weighted by Crippen LogP contribution is -2.48. The third-order valence-electron chi connectivity index (χ3n) is 4.17. The zero-order valence-corrected chi connectivity index (χ0v) is 14.9. The third kappa shape index (κ3) is 6.27. The Morgan fingerprint density at radius 2 is 1.65 bits per heavy atom. The normalized spacial score (nSPS) is 14.2. The van der Waals surface area contributed by atoms with Crippen LogP contribution in [0.4, 0.5) is 0 Å². The number of ether oxygens (including phenoxy) is 2. The number of methoxy groups -OCH3 is 1. The van der Waals surface area contributed by atoms with Crippen LogP contribution in [0.5, 0.6) is 11.5 Å². The van der Waals surface area contributed by atoms with Gasteiger partial charge in [0, 0.05) is 5.92 Å². The van der Waals surface area contributed by atoms with Gasteiger partial charge in [-0.1, -0.05) is 31.4 Å². The first-order valence-electron chi connectivity index (χ1n) is 8.71. The van der Waals surface area contributed by atoms with Crippen LogP contribution in [0.2, 0.25) is 0 Å². The zero-order chi connectivity index (χ0) is 18.8. The molecular formula is C18H25N3O5. The maximum absolute atomic E-state index is 12.0. The summed E-state index contributed by atoms with van der Waals surface area (Å²) in [6.07, 6.45) is 4.99. The molecule has 0 unspecified atom stereocenters. The van der Waals surface area contributed by atoms with Gasteiger partial charge in [0.05, 0.1) is 13.7 Å². The van der Waals surface area contributed by atoms with Gasteiger partial charge in [0.15, 0.2) is 18.1 Å². The minimum atomic E-state index is -0.525. The molecule has 8 heteroatoms. The molecule has 0 aliphatic heterocycles. The fourth-order valence-electron chi connectivity index (χ4n) is 2.78. The van der Waals surface area contributed by atoms with Crippen LogP contribution in [0.3, 0.4) is 0 Å². The van der Waals surface area contributed by atoms with Crippen LogP contribution >= 0.6 is 0 Å². The van der Waals surface area contributed by atoms with Crippen LogP contribution in [-0.2, 0) is 14.4 Å². The lowest BCUT2D eigenvalue weighted by molar-refractivity contribution is -0.131. The highest BCUT2D eigenvalue weighted by molar-refractivity contribution is 5.87. The van der Waals surface area contributed by atoms with E-state index in [1.54, 1.807) is 24.3 Å². The van der Waals surface area contributed by atoms with Crippen molar-refractivity contribution in [3.05, 3.63) is 24.3 Å². The maximum Gasteiger partial charge on any atom is 0.276 e. The predicted octanol–water partition coefficient (Wildman–Crippen LogP) is 0.918. The molecule has 26 heavy (non-hydrogen) atoms. The maximum atomic E-state index is 12.0. The van der Waals surface area contributed by atoms with Crippen molar-refractivity contribution in [3.63, 3.8) is 0 Å². The number of benzene rings is 1. The molecule has 0 spiro atoms. The average molecular weight is 363 g/mol. The Kier molecular flexibility index (Phi) is 7.73. The van der Waals surface area contributed by atoms with E-state index in [0.717, 1.165) is 32.1 Å². The fraction of sp³-hybridized carbons (Fsp3) is 0.500. The number of hydrazine groups is 1. The standard InChI is InChI=1S/C18H25N3O5/c1-25-14-9-5-6-10-15(14)26-12-17(23)21-20-16(22)11-19-18(24)13-7-3-2-4-8-13/h5-6,9-10,13H,2-4,7-8,11-12H2,1H3,(H,19,24)(H,20,22)(H,21,23). The molecule has 0 bridgehead atoms. The van der Waals surface area contributed by atoms with Gasteiger partial charge in [0.1, 0.15) is 0 Å². The van der Waals surface area contributed by atoms with E-state index in [-0.39, 0.29) is 25.0 Å². The van der Waals surface area contributed by atoms with Crippen LogP contribution in [0.15, 0.2) is 24.3 Å². The summed E-state index contributed by atoms with van der Waals surface area (Å²) < 4.78 is 10.5. The molecule has 0 atom stereocenters. The molecule has 0 radical (unpaired) electrons. The molecule has 0 aromatic heterocycles. The highest BCUT2D eigenvalue weighted by Crippen LogP contribution is 2.25. The summed E-state index contributed by atoms with van der Waals surface area (Å²) in [5.41, 5.74) is 4.48. The molecule has 1 aliphatic carbocycles. The van der Waals surface area contributed by atoms with Crippen LogP contribution < -0.4 is 25.6 Å². The van der Waals surface area contributed by atoms with E-state index >= 15 is 0 Å². The van der Waals surface area contributed by atoms with Crippen molar-refractivity contribution in [2.24, 2.45) is 5.92 Å². The van der Waals surface area contributed by atoms with Gasteiger partial charge in [-0.25, -0.2) is 0 Å². The Morgan fingerprint density at radius 1 is 1.00 bits per heavy atom. The van der Waals surface area contributed by atoms with E-state index in [1.807, 2.05) is 0 Å². The van der Waals surface area contributed by atoms with Crippen LogP contribution in [0.25, 0.3) is 0 Å². The van der Waals surface area contributed by atoms with Gasteiger partial charge in [-0.15, -0.1) is 0 Å². The van der Waals surface area contributed by atoms with E-state index < -0.39 is 11.8 Å². The second-order valence-electron chi connectivity index (χ2n) is 6.09. The van der Waals surface area contributed by atoms with Crippen molar-refractivity contribution < 1.29 is 23.9 Å². The number of carbonyl (C=O) groups is 3. The Balaban J connectivity index is 1.63. The molecule has 3 amide bonds. The van der Waals surface area contributed by atoms with E-state index in [1.165, 1.54) is 7.11 Å². The molecule has 1 aromatic rings. The summed E-state index contributed by atoms with van der Waals surface area (Å²) in [5, 5.41) is 2.60. The van der Waals surface area contributed by atoms with Crippen molar-refractivity contribution in [2.75, 3.05) is 20.3 Å². The summed E-state index contributed by atoms with van der Waals surface area (Å²) in [4.78, 5) is 35.4. The zero-order valence-electron chi connectivity index (χ0n) is 14.9. The number of carbonyl (C=O) groups excluding carboxylic acids is 3. The smallest absolute Gasteiger partial charge is 0.276 e. The van der Waals surface area contributed by atoms with E-state index in [4.69, 9.17) is 9.47 Å². The Hall–Kier alpha value is -2.77. The summed E-state index contributed by atoms with van der Waals surface area (Å²) >= 11 is 0. The SMILES string of the molecule is COc1ccccc1OCC(=O)NNC(=O)CNC(=O)C1CCCCC1. The second-order valence-corrected chi connectivity index (χ2v) is 6.09. The first-order chi connectivity index (χ1) is 12.6. The quantitative estimate of drug-likeness (QED) is 0.625. The Morgan fingerprint density at radius 3 is 2.35 bits per heavy atom. The molecule has 1 aliphatic rings. The minimum absolute atomic E-state index is 0.0135. The number of nitrogens with one attached hydrogen (secondary N) is 3. The van der Waals surface area contributed by atoms with Crippen molar-refractivity contribution >= 4 is 17.7 Å². The highest BCUT2D eigenvalue weighted by Gasteiger charge is 2.21. The Bertz CT molecular complexity index is 629. The average Bonchev–Trinajstić information content (AvgIpc) is 2.69. The highest BCUT2D eigenvalue weighted by atomic mass is 16.5. The van der Waals surface area contributed by atoms with Crippen molar-refractivity contribution in [2.45, 2.75) is 32.1 Å². The molecule has 1 fully saturated rings. The van der Waals surface area contributed by atoms with Crippen molar-refractivity contribution in [1.29, 1.82) is 0 Å². The third-order valence-corrected chi connectivity index (χ3v) is 4.17. The van der Waals surface area contributed by atoms with Gasteiger partial charge in [0.2, 0.25) is 5.91 Å². The molecule has 0 saturated heterocycles. The molecule has 2 rings (SSSR count). The Labute approximate surface area is 152 Å². The van der Waals surface area contributed by atoms with Gasteiger partial charge >= 0.3 is 0 Å². The van der Waals surface area contributed by atoms with Gasteiger partial charge in [-0.3, -0.25) is 25.2 Å². The lowest BCUT2D eigenvalue weighted by Gasteiger charge is -2.20. The summed E-state index contributed by atoms with van der Waals surface area (Å²) in [6, 6.07) is 6.93. The molecular weight excluding hydrogens is 338 g/mol. The predicted molar refractivity (Wildman–Crippen MR) is 94.4 cm³/mol. The number of rotatable bonds is 7. The van der Waals surface area contributed by atoms with Crippen LogP contribution in [0.1, 0.15) is 32.1 Å². The monoisotopic (exact) mass is 363 g/mol. The van der Waals surface area contributed by atoms with Crippen molar-refractivity contribution in [1.82, 2.24) is 16.2 Å². The minimum Gasteiger partial charge on any atom is -0.493 e. The van der Waals surface area contributed by atoms with Gasteiger partial charge in [-0.05, 0) is 25.0 Å². The fourth-order valence-corrected chi connectivity index (χ4v) is 2.78. The second kappa shape index (κ2) is 10.3. The lowest BCUT2D eigenvalue weighted by atomic mass is 9.89. The summed E-state index contributed by atoms with van der Waals surface area (Å²) in [5.74, 6) is -0.209. The number of hydrogen-bond donors (Lipinski definition) is 3. The van der Waals surface area contributed by atoms with Gasteiger partial charge in [-0.2, -0.15) is 0 Å². The number of hydrogen-bond acceptors (Lipinski definition) is 5. The van der Waals surface area contributed by atoms with Gasteiger partial charge in [0.25, 0.3) is 11.8 Å². The first-order valence-corrected chi connectivity index (χ1v) is 8.71. The number of amides is 3. The van der Waals surface area contributed by atoms with E-state index in [9.17, 15) is 14.4 Å². The topological polar surface area (TPSA) is 106 Å². The summed E-state index contributed by atoms with van der Waals surface area (Å²) in [6.45, 7) is -0.460.